The largest absolute Gasteiger partial charge is 0.484 e. The molecule has 0 saturated carbocycles. The summed E-state index contributed by atoms with van der Waals surface area (Å²) in [5.41, 5.74) is 1.63. The Bertz CT molecular complexity index is 1070. The number of hydrogen-bond donors (Lipinski definition) is 1. The van der Waals surface area contributed by atoms with Gasteiger partial charge in [0, 0.05) is 10.6 Å². The van der Waals surface area contributed by atoms with Crippen LogP contribution < -0.4 is 10.1 Å². The summed E-state index contributed by atoms with van der Waals surface area (Å²) in [7, 11) is 0. The summed E-state index contributed by atoms with van der Waals surface area (Å²) in [6, 6.07) is 16.5. The Kier molecular flexibility index (Phi) is 5.31. The van der Waals surface area contributed by atoms with Crippen molar-refractivity contribution < 1.29 is 9.53 Å². The number of benzene rings is 2. The molecule has 9 heteroatoms. The van der Waals surface area contributed by atoms with Crippen LogP contribution >= 0.6 is 22.9 Å². The van der Waals surface area contributed by atoms with Gasteiger partial charge in [-0.2, -0.15) is 5.10 Å². The normalized spacial score (nSPS) is 10.6. The molecule has 0 radical (unpaired) electrons. The number of carbonyl (C=O) groups is 1. The molecule has 0 saturated heterocycles. The van der Waals surface area contributed by atoms with Crippen molar-refractivity contribution in [2.75, 3.05) is 11.9 Å². The average molecular weight is 412 g/mol. The van der Waals surface area contributed by atoms with E-state index in [9.17, 15) is 4.79 Å². The molecule has 7 nitrogen and oxygen atoms in total. The van der Waals surface area contributed by atoms with Crippen molar-refractivity contribution in [3.8, 4) is 22.0 Å². The van der Waals surface area contributed by atoms with E-state index in [2.05, 4.69) is 20.4 Å². The van der Waals surface area contributed by atoms with E-state index in [0.29, 0.717) is 21.6 Å². The van der Waals surface area contributed by atoms with Crippen LogP contribution in [-0.4, -0.2) is 32.3 Å². The molecule has 2 heterocycles. The molecule has 0 aliphatic heterocycles. The fourth-order valence-corrected chi connectivity index (χ4v) is 3.51. The number of nitrogens with one attached hydrogen (secondary N) is 1. The van der Waals surface area contributed by atoms with Crippen LogP contribution in [0.15, 0.2) is 67.3 Å². The second-order valence-corrected chi connectivity index (χ2v) is 7.08. The molecular weight excluding hydrogens is 398 g/mol. The molecule has 4 rings (SSSR count). The fourth-order valence-electron chi connectivity index (χ4n) is 2.45. The predicted octanol–water partition coefficient (Wildman–Crippen LogP) is 4.06. The smallest absolute Gasteiger partial charge is 0.264 e. The first-order chi connectivity index (χ1) is 13.7. The first-order valence-electron chi connectivity index (χ1n) is 8.28. The third-order valence-electron chi connectivity index (χ3n) is 3.71. The monoisotopic (exact) mass is 411 g/mol. The number of amides is 1. The number of hydrogen-bond acceptors (Lipinski definition) is 6. The highest BCUT2D eigenvalue weighted by Crippen LogP contribution is 2.33. The van der Waals surface area contributed by atoms with Crippen LogP contribution in [0.5, 0.6) is 5.75 Å². The summed E-state index contributed by atoms with van der Waals surface area (Å²) in [4.78, 5) is 20.8. The number of nitrogens with zero attached hydrogens (tertiary/aromatic N) is 4. The number of ether oxygens (including phenoxy) is 1. The zero-order valence-corrected chi connectivity index (χ0v) is 16.0. The highest BCUT2D eigenvalue weighted by Gasteiger charge is 2.17. The first kappa shape index (κ1) is 18.1. The number of carbonyl (C=O) groups excluding carboxylic acids is 1. The minimum Gasteiger partial charge on any atom is -0.484 e. The van der Waals surface area contributed by atoms with Gasteiger partial charge < -0.3 is 4.74 Å². The number of aromatic nitrogens is 4. The maximum Gasteiger partial charge on any atom is 0.264 e. The zero-order valence-electron chi connectivity index (χ0n) is 14.4. The van der Waals surface area contributed by atoms with E-state index < -0.39 is 0 Å². The molecule has 0 aliphatic rings. The Hall–Kier alpha value is -3.23. The molecule has 0 spiro atoms. The summed E-state index contributed by atoms with van der Waals surface area (Å²) in [5, 5.41) is 8.77. The van der Waals surface area contributed by atoms with Gasteiger partial charge in [-0.25, -0.2) is 14.6 Å². The fraction of sp³-hybridized carbons (Fsp3) is 0.0526. The number of halogens is 1. The topological polar surface area (TPSA) is 81.9 Å². The Balaban J connectivity index is 1.51. The summed E-state index contributed by atoms with van der Waals surface area (Å²) in [5.74, 6) is 0.250. The van der Waals surface area contributed by atoms with Crippen LogP contribution in [0.2, 0.25) is 5.02 Å². The molecular formula is C19H14ClN5O2S. The lowest BCUT2D eigenvalue weighted by Gasteiger charge is -2.05. The second-order valence-electron chi connectivity index (χ2n) is 5.67. The Labute approximate surface area is 169 Å². The standard InChI is InChI=1S/C19H14ClN5O2S/c20-14-6-8-15(9-7-14)27-10-16(26)23-19-24-17(13-4-2-1-3-5-13)18(28-19)25-12-21-11-22-25/h1-9,11-12H,10H2,(H,23,24,26). The third-order valence-corrected chi connectivity index (χ3v) is 4.93. The maximum absolute atomic E-state index is 12.3. The molecule has 4 aromatic rings. The van der Waals surface area contributed by atoms with Gasteiger partial charge >= 0.3 is 0 Å². The molecule has 0 fully saturated rings. The predicted molar refractivity (Wildman–Crippen MR) is 108 cm³/mol. The number of anilines is 1. The van der Waals surface area contributed by atoms with E-state index in [0.717, 1.165) is 10.6 Å². The van der Waals surface area contributed by atoms with Crippen molar-refractivity contribution in [3.63, 3.8) is 0 Å². The average Bonchev–Trinajstić information content (AvgIpc) is 3.38. The highest BCUT2D eigenvalue weighted by atomic mass is 35.5. The zero-order chi connectivity index (χ0) is 19.3. The van der Waals surface area contributed by atoms with Crippen molar-refractivity contribution in [1.82, 2.24) is 19.7 Å². The van der Waals surface area contributed by atoms with Crippen molar-refractivity contribution in [3.05, 3.63) is 72.3 Å². The number of thiazole rings is 1. The lowest BCUT2D eigenvalue weighted by molar-refractivity contribution is -0.118. The minimum atomic E-state index is -0.312. The van der Waals surface area contributed by atoms with E-state index in [1.54, 1.807) is 35.3 Å². The van der Waals surface area contributed by atoms with Crippen LogP contribution in [0.25, 0.3) is 16.3 Å². The molecule has 28 heavy (non-hydrogen) atoms. The summed E-state index contributed by atoms with van der Waals surface area (Å²) in [6.45, 7) is -0.138. The lowest BCUT2D eigenvalue weighted by Crippen LogP contribution is -2.20. The van der Waals surface area contributed by atoms with Crippen molar-refractivity contribution in [2.24, 2.45) is 0 Å². The van der Waals surface area contributed by atoms with Crippen LogP contribution in [0.1, 0.15) is 0 Å². The summed E-state index contributed by atoms with van der Waals surface area (Å²) >= 11 is 7.15. The summed E-state index contributed by atoms with van der Waals surface area (Å²) in [6.07, 6.45) is 3.04. The maximum atomic E-state index is 12.3. The van der Waals surface area contributed by atoms with E-state index in [1.807, 2.05) is 30.3 Å². The molecule has 0 unspecified atom stereocenters. The molecule has 0 aliphatic carbocycles. The van der Waals surface area contributed by atoms with Gasteiger partial charge in [-0.3, -0.25) is 10.1 Å². The van der Waals surface area contributed by atoms with Gasteiger partial charge in [0.1, 0.15) is 29.1 Å². The summed E-state index contributed by atoms with van der Waals surface area (Å²) < 4.78 is 7.09. The Morgan fingerprint density at radius 2 is 1.93 bits per heavy atom. The van der Waals surface area contributed by atoms with Gasteiger partial charge in [-0.15, -0.1) is 0 Å². The molecule has 140 valence electrons. The molecule has 0 bridgehead atoms. The Morgan fingerprint density at radius 3 is 2.64 bits per heavy atom. The van der Waals surface area contributed by atoms with Crippen LogP contribution in [0.4, 0.5) is 5.13 Å². The van der Waals surface area contributed by atoms with Crippen LogP contribution in [0, 0.1) is 0 Å². The van der Waals surface area contributed by atoms with Crippen molar-refractivity contribution >= 4 is 34.0 Å². The van der Waals surface area contributed by atoms with Crippen LogP contribution in [0.3, 0.4) is 0 Å². The van der Waals surface area contributed by atoms with Gasteiger partial charge in [-0.1, -0.05) is 53.3 Å². The van der Waals surface area contributed by atoms with E-state index in [1.165, 1.54) is 17.7 Å². The van der Waals surface area contributed by atoms with Gasteiger partial charge in [0.25, 0.3) is 5.91 Å². The second kappa shape index (κ2) is 8.20. The van der Waals surface area contributed by atoms with Gasteiger partial charge in [0.15, 0.2) is 11.7 Å². The molecule has 0 atom stereocenters. The highest BCUT2D eigenvalue weighted by molar-refractivity contribution is 7.18. The minimum absolute atomic E-state index is 0.138. The third kappa shape index (κ3) is 4.19. The van der Waals surface area contributed by atoms with E-state index in [4.69, 9.17) is 16.3 Å². The lowest BCUT2D eigenvalue weighted by atomic mass is 10.2. The van der Waals surface area contributed by atoms with Crippen LogP contribution in [-0.2, 0) is 4.79 Å². The molecule has 2 aromatic heterocycles. The SMILES string of the molecule is O=C(COc1ccc(Cl)cc1)Nc1nc(-c2ccccc2)c(-n2cncn2)s1. The van der Waals surface area contributed by atoms with Crippen molar-refractivity contribution in [2.45, 2.75) is 0 Å². The van der Waals surface area contributed by atoms with Gasteiger partial charge in [-0.05, 0) is 24.3 Å². The van der Waals surface area contributed by atoms with E-state index >= 15 is 0 Å². The van der Waals surface area contributed by atoms with E-state index in [-0.39, 0.29) is 12.5 Å². The van der Waals surface area contributed by atoms with Crippen molar-refractivity contribution in [1.29, 1.82) is 0 Å². The molecule has 1 amide bonds. The van der Waals surface area contributed by atoms with Gasteiger partial charge in [0.2, 0.25) is 0 Å². The molecule has 2 aromatic carbocycles. The Morgan fingerprint density at radius 1 is 1.14 bits per heavy atom. The number of rotatable bonds is 6. The first-order valence-corrected chi connectivity index (χ1v) is 9.48. The molecule has 1 N–H and O–H groups in total. The van der Waals surface area contributed by atoms with Gasteiger partial charge in [0.05, 0.1) is 0 Å². The quantitative estimate of drug-likeness (QED) is 0.517.